The van der Waals surface area contributed by atoms with E-state index in [1.165, 1.54) is 32.1 Å². The molecule has 0 radical (unpaired) electrons. The summed E-state index contributed by atoms with van der Waals surface area (Å²) in [5, 5.41) is 6.57. The Morgan fingerprint density at radius 1 is 1.28 bits per heavy atom. The van der Waals surface area contributed by atoms with Crippen molar-refractivity contribution >= 4 is 6.09 Å². The standard InChI is InChI=1S/C14H26N2O2/c1-14(2,3)18-13(17)15-9-10-7-11-5-4-6-12(8-10)16-11/h10-12,16H,4-9H2,1-3H3,(H,15,17). The molecule has 2 saturated heterocycles. The maximum Gasteiger partial charge on any atom is 0.407 e. The lowest BCUT2D eigenvalue weighted by molar-refractivity contribution is 0.0507. The van der Waals surface area contributed by atoms with Gasteiger partial charge < -0.3 is 15.4 Å². The molecule has 2 bridgehead atoms. The van der Waals surface area contributed by atoms with Gasteiger partial charge in [0.1, 0.15) is 5.60 Å². The molecule has 2 rings (SSSR count). The van der Waals surface area contributed by atoms with Gasteiger partial charge in [0, 0.05) is 18.6 Å². The molecule has 0 aromatic heterocycles. The van der Waals surface area contributed by atoms with Crippen molar-refractivity contribution in [1.82, 2.24) is 10.6 Å². The Balaban J connectivity index is 1.72. The lowest BCUT2D eigenvalue weighted by Crippen LogP contribution is -2.50. The van der Waals surface area contributed by atoms with Gasteiger partial charge >= 0.3 is 6.09 Å². The lowest BCUT2D eigenvalue weighted by Gasteiger charge is -2.40. The predicted molar refractivity (Wildman–Crippen MR) is 71.5 cm³/mol. The summed E-state index contributed by atoms with van der Waals surface area (Å²) in [5.41, 5.74) is -0.408. The van der Waals surface area contributed by atoms with Gasteiger partial charge in [0.2, 0.25) is 0 Å². The number of rotatable bonds is 2. The van der Waals surface area contributed by atoms with Gasteiger partial charge in [0.05, 0.1) is 0 Å². The van der Waals surface area contributed by atoms with Crippen molar-refractivity contribution in [2.24, 2.45) is 5.92 Å². The topological polar surface area (TPSA) is 50.4 Å². The smallest absolute Gasteiger partial charge is 0.407 e. The Kier molecular flexibility index (Phi) is 4.15. The minimum atomic E-state index is -0.408. The first-order valence-electron chi connectivity index (χ1n) is 7.15. The largest absolute Gasteiger partial charge is 0.444 e. The van der Waals surface area contributed by atoms with Crippen LogP contribution in [0.3, 0.4) is 0 Å². The number of fused-ring (bicyclic) bond motifs is 2. The lowest BCUT2D eigenvalue weighted by atomic mass is 9.80. The van der Waals surface area contributed by atoms with Crippen LogP contribution in [0.25, 0.3) is 0 Å². The molecule has 0 spiro atoms. The fourth-order valence-electron chi connectivity index (χ4n) is 3.09. The summed E-state index contributed by atoms with van der Waals surface area (Å²) < 4.78 is 5.26. The van der Waals surface area contributed by atoms with Crippen LogP contribution in [-0.2, 0) is 4.74 Å². The SMILES string of the molecule is CC(C)(C)OC(=O)NCC1CC2CCCC(C1)N2. The van der Waals surface area contributed by atoms with Crippen LogP contribution in [0.4, 0.5) is 4.79 Å². The van der Waals surface area contributed by atoms with Crippen LogP contribution in [0.5, 0.6) is 0 Å². The van der Waals surface area contributed by atoms with Gasteiger partial charge in [-0.3, -0.25) is 0 Å². The molecule has 104 valence electrons. The Morgan fingerprint density at radius 3 is 2.44 bits per heavy atom. The van der Waals surface area contributed by atoms with Crippen LogP contribution >= 0.6 is 0 Å². The molecule has 0 aromatic carbocycles. The highest BCUT2D eigenvalue weighted by atomic mass is 16.6. The van der Waals surface area contributed by atoms with Crippen molar-refractivity contribution < 1.29 is 9.53 Å². The number of hydrogen-bond donors (Lipinski definition) is 2. The fraction of sp³-hybridized carbons (Fsp3) is 0.929. The van der Waals surface area contributed by atoms with E-state index in [0.717, 1.165) is 6.54 Å². The van der Waals surface area contributed by atoms with Gasteiger partial charge in [-0.25, -0.2) is 4.79 Å². The molecule has 2 atom stereocenters. The Bertz CT molecular complexity index is 287. The second-order valence-electron chi connectivity index (χ2n) is 6.71. The van der Waals surface area contributed by atoms with E-state index in [4.69, 9.17) is 4.74 Å². The number of hydrogen-bond acceptors (Lipinski definition) is 3. The average Bonchev–Trinajstić information content (AvgIpc) is 2.23. The molecule has 4 heteroatoms. The number of alkyl carbamates (subject to hydrolysis) is 1. The minimum Gasteiger partial charge on any atom is -0.444 e. The summed E-state index contributed by atoms with van der Waals surface area (Å²) in [5.74, 6) is 0.606. The highest BCUT2D eigenvalue weighted by Gasteiger charge is 2.31. The van der Waals surface area contributed by atoms with Gasteiger partial charge in [-0.05, 0) is 52.4 Å². The van der Waals surface area contributed by atoms with Crippen LogP contribution < -0.4 is 10.6 Å². The van der Waals surface area contributed by atoms with Crippen molar-refractivity contribution in [3.05, 3.63) is 0 Å². The number of carbonyl (C=O) groups is 1. The molecule has 4 nitrogen and oxygen atoms in total. The van der Waals surface area contributed by atoms with E-state index in [0.29, 0.717) is 18.0 Å². The third-order valence-corrected chi connectivity index (χ3v) is 3.75. The van der Waals surface area contributed by atoms with Gasteiger partial charge in [-0.15, -0.1) is 0 Å². The molecule has 2 unspecified atom stereocenters. The monoisotopic (exact) mass is 254 g/mol. The summed E-state index contributed by atoms with van der Waals surface area (Å²) in [6, 6.07) is 1.34. The summed E-state index contributed by atoms with van der Waals surface area (Å²) >= 11 is 0. The van der Waals surface area contributed by atoms with Gasteiger partial charge in [0.25, 0.3) is 0 Å². The summed E-state index contributed by atoms with van der Waals surface area (Å²) in [7, 11) is 0. The number of amides is 1. The number of carbonyl (C=O) groups excluding carboxylic acids is 1. The van der Waals surface area contributed by atoms with Crippen LogP contribution in [0.1, 0.15) is 52.9 Å². The van der Waals surface area contributed by atoms with Crippen LogP contribution in [-0.4, -0.2) is 30.3 Å². The Morgan fingerprint density at radius 2 is 1.89 bits per heavy atom. The molecule has 2 aliphatic rings. The molecule has 2 fully saturated rings. The third kappa shape index (κ3) is 4.16. The second-order valence-corrected chi connectivity index (χ2v) is 6.71. The zero-order chi connectivity index (χ0) is 13.2. The molecule has 1 amide bonds. The molecule has 2 aliphatic heterocycles. The summed E-state index contributed by atoms with van der Waals surface area (Å²) in [6.07, 6.45) is 6.03. The number of ether oxygens (including phenoxy) is 1. The molecular formula is C14H26N2O2. The summed E-state index contributed by atoms with van der Waals surface area (Å²) in [6.45, 7) is 6.42. The highest BCUT2D eigenvalue weighted by molar-refractivity contribution is 5.67. The molecule has 18 heavy (non-hydrogen) atoms. The van der Waals surface area contributed by atoms with Gasteiger partial charge in [0.15, 0.2) is 0 Å². The zero-order valence-electron chi connectivity index (χ0n) is 11.8. The van der Waals surface area contributed by atoms with Crippen molar-refractivity contribution in [3.8, 4) is 0 Å². The van der Waals surface area contributed by atoms with Gasteiger partial charge in [-0.1, -0.05) is 6.42 Å². The molecule has 0 aliphatic carbocycles. The quantitative estimate of drug-likeness (QED) is 0.795. The van der Waals surface area contributed by atoms with E-state index >= 15 is 0 Å². The van der Waals surface area contributed by atoms with Crippen molar-refractivity contribution in [2.75, 3.05) is 6.54 Å². The third-order valence-electron chi connectivity index (χ3n) is 3.75. The van der Waals surface area contributed by atoms with Crippen molar-refractivity contribution in [3.63, 3.8) is 0 Å². The maximum atomic E-state index is 11.6. The molecule has 0 saturated carbocycles. The normalized spacial score (nSPS) is 31.8. The van der Waals surface area contributed by atoms with Gasteiger partial charge in [-0.2, -0.15) is 0 Å². The zero-order valence-corrected chi connectivity index (χ0v) is 11.8. The first-order chi connectivity index (χ1) is 8.42. The van der Waals surface area contributed by atoms with Crippen molar-refractivity contribution in [1.29, 1.82) is 0 Å². The average molecular weight is 254 g/mol. The molecular weight excluding hydrogens is 228 g/mol. The molecule has 2 N–H and O–H groups in total. The molecule has 2 heterocycles. The summed E-state index contributed by atoms with van der Waals surface area (Å²) in [4.78, 5) is 11.6. The second kappa shape index (κ2) is 5.47. The maximum absolute atomic E-state index is 11.6. The molecule has 0 aromatic rings. The van der Waals surface area contributed by atoms with E-state index in [-0.39, 0.29) is 6.09 Å². The number of piperidine rings is 2. The van der Waals surface area contributed by atoms with Crippen molar-refractivity contribution in [2.45, 2.75) is 70.6 Å². The van der Waals surface area contributed by atoms with E-state index < -0.39 is 5.60 Å². The first-order valence-corrected chi connectivity index (χ1v) is 7.15. The fourth-order valence-corrected chi connectivity index (χ4v) is 3.09. The van der Waals surface area contributed by atoms with Crippen LogP contribution in [0.15, 0.2) is 0 Å². The first kappa shape index (κ1) is 13.7. The van der Waals surface area contributed by atoms with Crippen LogP contribution in [0.2, 0.25) is 0 Å². The van der Waals surface area contributed by atoms with E-state index in [2.05, 4.69) is 10.6 Å². The van der Waals surface area contributed by atoms with E-state index in [1.54, 1.807) is 0 Å². The highest BCUT2D eigenvalue weighted by Crippen LogP contribution is 2.29. The minimum absolute atomic E-state index is 0.286. The van der Waals surface area contributed by atoms with E-state index in [9.17, 15) is 4.79 Å². The Labute approximate surface area is 110 Å². The predicted octanol–water partition coefficient (Wildman–Crippen LogP) is 2.43. The van der Waals surface area contributed by atoms with Crippen LogP contribution in [0, 0.1) is 5.92 Å². The Hall–Kier alpha value is -0.770. The van der Waals surface area contributed by atoms with E-state index in [1.807, 2.05) is 20.8 Å². The number of nitrogens with one attached hydrogen (secondary N) is 2.